The van der Waals surface area contributed by atoms with Gasteiger partial charge in [0, 0.05) is 46.3 Å². The first-order chi connectivity index (χ1) is 17.7. The van der Waals surface area contributed by atoms with Crippen LogP contribution in [-0.4, -0.2) is 19.9 Å². The molecule has 0 bridgehead atoms. The molecular formula is C28H12N8. The first-order valence-corrected chi connectivity index (χ1v) is 10.6. The molecule has 0 amide bonds. The number of hydrogen-bond acceptors (Lipinski definition) is 8. The third-order valence-electron chi connectivity index (χ3n) is 5.70. The van der Waals surface area contributed by atoms with Gasteiger partial charge in [0.25, 0.3) is 0 Å². The molecule has 0 saturated carbocycles. The van der Waals surface area contributed by atoms with Gasteiger partial charge in [-0.2, -0.15) is 21.0 Å². The van der Waals surface area contributed by atoms with E-state index in [2.05, 4.69) is 44.2 Å². The van der Waals surface area contributed by atoms with E-state index >= 15 is 0 Å². The van der Waals surface area contributed by atoms with Crippen molar-refractivity contribution in [1.82, 2.24) is 19.9 Å². The van der Waals surface area contributed by atoms with E-state index in [0.29, 0.717) is 65.9 Å². The van der Waals surface area contributed by atoms with Crippen molar-refractivity contribution in [3.8, 4) is 24.3 Å². The molecular weight excluding hydrogens is 448 g/mol. The molecule has 0 spiro atoms. The fourth-order valence-electron chi connectivity index (χ4n) is 4.19. The smallest absolute Gasteiger partial charge is 0.101 e. The average molecular weight is 460 g/mol. The number of pyridine rings is 4. The molecule has 8 nitrogen and oxygen atoms in total. The van der Waals surface area contributed by atoms with Crippen molar-refractivity contribution in [2.24, 2.45) is 0 Å². The van der Waals surface area contributed by atoms with Gasteiger partial charge >= 0.3 is 0 Å². The van der Waals surface area contributed by atoms with Crippen LogP contribution in [0.5, 0.6) is 0 Å². The summed E-state index contributed by atoms with van der Waals surface area (Å²) in [6.07, 6.45) is 6.63. The van der Waals surface area contributed by atoms with E-state index in [1.807, 2.05) is 0 Å². The lowest BCUT2D eigenvalue weighted by Gasteiger charge is -2.06. The summed E-state index contributed by atoms with van der Waals surface area (Å²) in [4.78, 5) is 17.1. The van der Waals surface area contributed by atoms with E-state index in [4.69, 9.17) is 0 Å². The largest absolute Gasteiger partial charge is 0.254 e. The van der Waals surface area contributed by atoms with E-state index in [9.17, 15) is 21.0 Å². The summed E-state index contributed by atoms with van der Waals surface area (Å²) >= 11 is 0. The fraction of sp³-hybridized carbons (Fsp3) is 0. The van der Waals surface area contributed by atoms with Crippen molar-refractivity contribution in [2.75, 3.05) is 0 Å². The zero-order chi connectivity index (χ0) is 25.1. The molecule has 164 valence electrons. The van der Waals surface area contributed by atoms with Gasteiger partial charge in [-0.05, 0) is 48.5 Å². The number of hydrogen-bond donors (Lipinski definition) is 0. The van der Waals surface area contributed by atoms with Gasteiger partial charge in [0.1, 0.15) is 24.3 Å². The van der Waals surface area contributed by atoms with Crippen molar-refractivity contribution in [1.29, 1.82) is 21.0 Å². The summed E-state index contributed by atoms with van der Waals surface area (Å²) in [5.41, 5.74) is 4.07. The third kappa shape index (κ3) is 3.37. The summed E-state index contributed by atoms with van der Waals surface area (Å²) in [6.45, 7) is 0. The lowest BCUT2D eigenvalue weighted by molar-refractivity contribution is 1.36. The van der Waals surface area contributed by atoms with Gasteiger partial charge in [0.05, 0.1) is 44.3 Å². The highest BCUT2D eigenvalue weighted by Gasteiger charge is 2.16. The Bertz CT molecular complexity index is 1710. The molecule has 6 rings (SSSR count). The Morgan fingerprint density at radius 1 is 0.389 bits per heavy atom. The highest BCUT2D eigenvalue weighted by Crippen LogP contribution is 2.30. The van der Waals surface area contributed by atoms with Crippen LogP contribution in [0, 0.1) is 45.3 Å². The van der Waals surface area contributed by atoms with Crippen LogP contribution < -0.4 is 0 Å². The lowest BCUT2D eigenvalue weighted by Crippen LogP contribution is -1.93. The standard InChI is InChI=1S/2C14H6N4/c2*15-7-11-9-3-1-5-17-13(9)14-10(12(11)8-16)4-2-6-18-14/h2*1-6H. The number of benzene rings is 2. The Morgan fingerprint density at radius 3 is 0.806 bits per heavy atom. The number of nitrogens with zero attached hydrogens (tertiary/aromatic N) is 8. The molecule has 0 radical (unpaired) electrons. The zero-order valence-electron chi connectivity index (χ0n) is 18.5. The molecule has 8 heteroatoms. The van der Waals surface area contributed by atoms with Gasteiger partial charge < -0.3 is 0 Å². The molecule has 2 aromatic carbocycles. The summed E-state index contributed by atoms with van der Waals surface area (Å²) in [5.74, 6) is 0. The van der Waals surface area contributed by atoms with E-state index in [0.717, 1.165) is 0 Å². The molecule has 0 saturated heterocycles. The van der Waals surface area contributed by atoms with Crippen molar-refractivity contribution in [2.45, 2.75) is 0 Å². The second kappa shape index (κ2) is 9.12. The molecule has 0 fully saturated rings. The zero-order valence-corrected chi connectivity index (χ0v) is 18.5. The maximum Gasteiger partial charge on any atom is 0.101 e. The van der Waals surface area contributed by atoms with Gasteiger partial charge in [0.15, 0.2) is 0 Å². The predicted octanol–water partition coefficient (Wildman–Crippen LogP) is 5.05. The van der Waals surface area contributed by atoms with Crippen LogP contribution in [0.25, 0.3) is 43.6 Å². The Kier molecular flexibility index (Phi) is 5.54. The van der Waals surface area contributed by atoms with Crippen LogP contribution in [0.15, 0.2) is 73.3 Å². The molecule has 6 aromatic rings. The van der Waals surface area contributed by atoms with E-state index in [-0.39, 0.29) is 0 Å². The van der Waals surface area contributed by atoms with Crippen LogP contribution in [0.3, 0.4) is 0 Å². The van der Waals surface area contributed by atoms with Gasteiger partial charge in [-0.15, -0.1) is 0 Å². The van der Waals surface area contributed by atoms with Gasteiger partial charge in [0.2, 0.25) is 0 Å². The Labute approximate surface area is 204 Å². The topological polar surface area (TPSA) is 147 Å². The highest BCUT2D eigenvalue weighted by atomic mass is 14.7. The SMILES string of the molecule is N#Cc1c(C#N)c2cccnc2c2ncccc12.N#Cc1c(C#N)c2cccnc2c2ncccc12. The summed E-state index contributed by atoms with van der Waals surface area (Å²) in [5, 5.41) is 39.7. The predicted molar refractivity (Wildman–Crippen MR) is 133 cm³/mol. The van der Waals surface area contributed by atoms with E-state index in [1.165, 1.54) is 0 Å². The molecule has 0 atom stereocenters. The second-order valence-corrected chi connectivity index (χ2v) is 7.55. The summed E-state index contributed by atoms with van der Waals surface area (Å²) in [7, 11) is 0. The second-order valence-electron chi connectivity index (χ2n) is 7.55. The highest BCUT2D eigenvalue weighted by molar-refractivity contribution is 6.09. The fourth-order valence-corrected chi connectivity index (χ4v) is 4.19. The summed E-state index contributed by atoms with van der Waals surface area (Å²) < 4.78 is 0. The molecule has 4 heterocycles. The first-order valence-electron chi connectivity index (χ1n) is 10.6. The Morgan fingerprint density at radius 2 is 0.611 bits per heavy atom. The molecule has 0 aliphatic carbocycles. The first kappa shape index (κ1) is 21.9. The van der Waals surface area contributed by atoms with Crippen LogP contribution in [0.1, 0.15) is 22.3 Å². The molecule has 0 N–H and O–H groups in total. The monoisotopic (exact) mass is 460 g/mol. The third-order valence-corrected chi connectivity index (χ3v) is 5.70. The molecule has 0 aliphatic rings. The van der Waals surface area contributed by atoms with Crippen molar-refractivity contribution in [3.63, 3.8) is 0 Å². The number of rotatable bonds is 0. The minimum Gasteiger partial charge on any atom is -0.254 e. The van der Waals surface area contributed by atoms with Crippen LogP contribution in [-0.2, 0) is 0 Å². The number of fused-ring (bicyclic) bond motifs is 6. The van der Waals surface area contributed by atoms with Crippen molar-refractivity contribution >= 4 is 43.6 Å². The van der Waals surface area contributed by atoms with Crippen LogP contribution in [0.2, 0.25) is 0 Å². The minimum atomic E-state index is 0.362. The maximum absolute atomic E-state index is 9.26. The molecule has 0 aliphatic heterocycles. The Hall–Kier alpha value is -5.96. The average Bonchev–Trinajstić information content (AvgIpc) is 2.96. The number of nitriles is 4. The van der Waals surface area contributed by atoms with E-state index < -0.39 is 0 Å². The molecule has 4 aromatic heterocycles. The van der Waals surface area contributed by atoms with Crippen molar-refractivity contribution < 1.29 is 0 Å². The van der Waals surface area contributed by atoms with Gasteiger partial charge in [-0.1, -0.05) is 0 Å². The van der Waals surface area contributed by atoms with Crippen molar-refractivity contribution in [3.05, 3.63) is 95.6 Å². The van der Waals surface area contributed by atoms with Gasteiger partial charge in [-0.25, -0.2) is 0 Å². The lowest BCUT2D eigenvalue weighted by atomic mass is 9.98. The van der Waals surface area contributed by atoms with Gasteiger partial charge in [-0.3, -0.25) is 19.9 Å². The Balaban J connectivity index is 0.000000148. The minimum absolute atomic E-state index is 0.362. The molecule has 0 unspecified atom stereocenters. The normalized spacial score (nSPS) is 10.1. The van der Waals surface area contributed by atoms with E-state index in [1.54, 1.807) is 73.3 Å². The number of aromatic nitrogens is 4. The maximum atomic E-state index is 9.26. The molecule has 36 heavy (non-hydrogen) atoms. The van der Waals surface area contributed by atoms with Crippen LogP contribution in [0.4, 0.5) is 0 Å². The van der Waals surface area contributed by atoms with Crippen LogP contribution >= 0.6 is 0 Å². The quantitative estimate of drug-likeness (QED) is 0.286. The summed E-state index contributed by atoms with van der Waals surface area (Å²) in [6, 6.07) is 22.5.